The summed E-state index contributed by atoms with van der Waals surface area (Å²) in [4.78, 5) is 2.45. The van der Waals surface area contributed by atoms with E-state index in [9.17, 15) is 0 Å². The number of hydrogen-bond donors (Lipinski definition) is 0. The van der Waals surface area contributed by atoms with Gasteiger partial charge in [0.1, 0.15) is 0 Å². The Kier molecular flexibility index (Phi) is 4.22. The maximum Gasteiger partial charge on any atom is 0.0589 e. The minimum absolute atomic E-state index is 0.635. The molecule has 1 aromatic rings. The van der Waals surface area contributed by atoms with Crippen LogP contribution in [0, 0.1) is 0 Å². The van der Waals surface area contributed by atoms with E-state index in [1.54, 1.807) is 7.11 Å². The molecule has 1 fully saturated rings. The number of benzene rings is 1. The predicted molar refractivity (Wildman–Crippen MR) is 67.1 cm³/mol. The third-order valence-electron chi connectivity index (χ3n) is 3.20. The second-order valence-electron chi connectivity index (χ2n) is 4.33. The van der Waals surface area contributed by atoms with Crippen molar-refractivity contribution in [3.05, 3.63) is 34.9 Å². The first-order chi connectivity index (χ1) is 7.79. The molecule has 1 atom stereocenters. The van der Waals surface area contributed by atoms with E-state index < -0.39 is 0 Å². The van der Waals surface area contributed by atoms with Gasteiger partial charge in [-0.1, -0.05) is 23.7 Å². The number of nitrogens with zero attached hydrogens (tertiary/aromatic N) is 1. The molecule has 1 aliphatic rings. The molecule has 3 heteroatoms. The normalized spacial score (nSPS) is 21.5. The van der Waals surface area contributed by atoms with Crippen molar-refractivity contribution in [2.45, 2.75) is 12.3 Å². The quantitative estimate of drug-likeness (QED) is 0.801. The van der Waals surface area contributed by atoms with E-state index in [-0.39, 0.29) is 0 Å². The van der Waals surface area contributed by atoms with Gasteiger partial charge in [0.05, 0.1) is 6.61 Å². The number of ether oxygens (including phenoxy) is 1. The van der Waals surface area contributed by atoms with Crippen molar-refractivity contribution in [3.8, 4) is 0 Å². The van der Waals surface area contributed by atoms with Gasteiger partial charge < -0.3 is 9.64 Å². The van der Waals surface area contributed by atoms with E-state index in [1.807, 2.05) is 12.1 Å². The second-order valence-corrected chi connectivity index (χ2v) is 4.77. The zero-order chi connectivity index (χ0) is 11.4. The fourth-order valence-corrected chi connectivity index (χ4v) is 2.49. The van der Waals surface area contributed by atoms with Gasteiger partial charge in [0.2, 0.25) is 0 Å². The van der Waals surface area contributed by atoms with Gasteiger partial charge in [-0.3, -0.25) is 0 Å². The lowest BCUT2D eigenvalue weighted by Crippen LogP contribution is -2.24. The molecule has 1 aliphatic heterocycles. The van der Waals surface area contributed by atoms with E-state index >= 15 is 0 Å². The third-order valence-corrected chi connectivity index (χ3v) is 3.44. The van der Waals surface area contributed by atoms with Crippen molar-refractivity contribution in [2.75, 3.05) is 33.4 Å². The highest BCUT2D eigenvalue weighted by Gasteiger charge is 2.23. The summed E-state index contributed by atoms with van der Waals surface area (Å²) in [5, 5.41) is 0.841. The monoisotopic (exact) mass is 239 g/mol. The first-order valence-electron chi connectivity index (χ1n) is 5.76. The zero-order valence-electron chi connectivity index (χ0n) is 9.66. The number of hydrogen-bond acceptors (Lipinski definition) is 2. The molecule has 0 saturated carbocycles. The molecule has 0 unspecified atom stereocenters. The molecule has 0 spiro atoms. The maximum atomic E-state index is 6.01. The largest absolute Gasteiger partial charge is 0.383 e. The molecule has 0 radical (unpaired) electrons. The van der Waals surface area contributed by atoms with Crippen LogP contribution in [0.25, 0.3) is 0 Å². The van der Waals surface area contributed by atoms with Crippen molar-refractivity contribution in [3.63, 3.8) is 0 Å². The zero-order valence-corrected chi connectivity index (χ0v) is 10.4. The van der Waals surface area contributed by atoms with Crippen LogP contribution in [0.1, 0.15) is 17.9 Å². The molecule has 1 saturated heterocycles. The van der Waals surface area contributed by atoms with Gasteiger partial charge >= 0.3 is 0 Å². The van der Waals surface area contributed by atoms with Crippen molar-refractivity contribution in [1.82, 2.24) is 4.90 Å². The lowest BCUT2D eigenvalue weighted by Gasteiger charge is -2.15. The van der Waals surface area contributed by atoms with Crippen LogP contribution in [0.15, 0.2) is 24.3 Å². The summed E-state index contributed by atoms with van der Waals surface area (Å²) in [6.07, 6.45) is 1.23. The molecule has 0 aromatic heterocycles. The lowest BCUT2D eigenvalue weighted by atomic mass is 9.99. The van der Waals surface area contributed by atoms with Crippen molar-refractivity contribution < 1.29 is 4.74 Å². The molecule has 0 N–H and O–H groups in total. The minimum Gasteiger partial charge on any atom is -0.383 e. The van der Waals surface area contributed by atoms with Gasteiger partial charge in [-0.25, -0.2) is 0 Å². The van der Waals surface area contributed by atoms with Crippen LogP contribution >= 0.6 is 11.6 Å². The van der Waals surface area contributed by atoms with Crippen LogP contribution in [-0.4, -0.2) is 38.3 Å². The van der Waals surface area contributed by atoms with E-state index in [0.29, 0.717) is 5.92 Å². The van der Waals surface area contributed by atoms with Crippen LogP contribution in [0.3, 0.4) is 0 Å². The van der Waals surface area contributed by atoms with Crippen molar-refractivity contribution in [1.29, 1.82) is 0 Å². The molecule has 2 nitrogen and oxygen atoms in total. The number of halogens is 1. The van der Waals surface area contributed by atoms with E-state index in [4.69, 9.17) is 16.3 Å². The van der Waals surface area contributed by atoms with Gasteiger partial charge in [0.25, 0.3) is 0 Å². The molecule has 0 bridgehead atoms. The highest BCUT2D eigenvalue weighted by molar-refractivity contribution is 6.30. The number of rotatable bonds is 4. The summed E-state index contributed by atoms with van der Waals surface area (Å²) in [5.41, 5.74) is 1.37. The molecule has 1 heterocycles. The predicted octanol–water partition coefficient (Wildman–Crippen LogP) is 2.78. The molecule has 0 aliphatic carbocycles. The summed E-state index contributed by atoms with van der Waals surface area (Å²) in [6, 6.07) is 8.24. The first kappa shape index (κ1) is 11.9. The van der Waals surface area contributed by atoms with Crippen LogP contribution in [0.4, 0.5) is 0 Å². The van der Waals surface area contributed by atoms with Crippen LogP contribution in [0.2, 0.25) is 5.02 Å². The fourth-order valence-electron chi connectivity index (χ4n) is 2.29. The van der Waals surface area contributed by atoms with Crippen LogP contribution in [-0.2, 0) is 4.74 Å². The second kappa shape index (κ2) is 5.67. The van der Waals surface area contributed by atoms with Gasteiger partial charge in [0, 0.05) is 25.2 Å². The number of likely N-dealkylation sites (tertiary alicyclic amines) is 1. The van der Waals surface area contributed by atoms with Gasteiger partial charge in [-0.2, -0.15) is 0 Å². The highest BCUT2D eigenvalue weighted by atomic mass is 35.5. The van der Waals surface area contributed by atoms with E-state index in [2.05, 4.69) is 17.0 Å². The summed E-state index contributed by atoms with van der Waals surface area (Å²) in [7, 11) is 1.75. The Labute approximate surface area is 102 Å². The Hall–Kier alpha value is -0.570. The average Bonchev–Trinajstić information content (AvgIpc) is 2.75. The summed E-state index contributed by atoms with van der Waals surface area (Å²) >= 11 is 6.01. The standard InChI is InChI=1S/C13H18ClNO/c1-16-8-7-15-6-5-12(10-15)11-3-2-4-13(14)9-11/h2-4,9,12H,5-8,10H2,1H3/t12-/m0/s1. The molecule has 88 valence electrons. The molecular weight excluding hydrogens is 222 g/mol. The minimum atomic E-state index is 0.635. The van der Waals surface area contributed by atoms with Gasteiger partial charge in [-0.05, 0) is 36.6 Å². The molecule has 0 amide bonds. The fraction of sp³-hybridized carbons (Fsp3) is 0.538. The van der Waals surface area contributed by atoms with E-state index in [0.717, 1.165) is 24.7 Å². The van der Waals surface area contributed by atoms with Gasteiger partial charge in [0.15, 0.2) is 0 Å². The topological polar surface area (TPSA) is 12.5 Å². The third kappa shape index (κ3) is 2.97. The Morgan fingerprint density at radius 1 is 1.50 bits per heavy atom. The number of methoxy groups -OCH3 is 1. The highest BCUT2D eigenvalue weighted by Crippen LogP contribution is 2.28. The van der Waals surface area contributed by atoms with Gasteiger partial charge in [-0.15, -0.1) is 0 Å². The Morgan fingerprint density at radius 3 is 3.12 bits per heavy atom. The first-order valence-corrected chi connectivity index (χ1v) is 6.14. The van der Waals surface area contributed by atoms with Crippen molar-refractivity contribution >= 4 is 11.6 Å². The Balaban J connectivity index is 1.93. The Morgan fingerprint density at radius 2 is 2.38 bits per heavy atom. The molecule has 1 aromatic carbocycles. The summed E-state index contributed by atoms with van der Waals surface area (Å²) in [6.45, 7) is 4.15. The SMILES string of the molecule is COCCN1CC[C@H](c2cccc(Cl)c2)C1. The lowest BCUT2D eigenvalue weighted by molar-refractivity contribution is 0.160. The van der Waals surface area contributed by atoms with Crippen molar-refractivity contribution in [2.24, 2.45) is 0 Å². The summed E-state index contributed by atoms with van der Waals surface area (Å²) in [5.74, 6) is 0.635. The maximum absolute atomic E-state index is 6.01. The smallest absolute Gasteiger partial charge is 0.0589 e. The molecule has 16 heavy (non-hydrogen) atoms. The van der Waals surface area contributed by atoms with Crippen LogP contribution < -0.4 is 0 Å². The Bertz CT molecular complexity index is 342. The summed E-state index contributed by atoms with van der Waals surface area (Å²) < 4.78 is 5.10. The van der Waals surface area contributed by atoms with Crippen LogP contribution in [0.5, 0.6) is 0 Å². The molecular formula is C13H18ClNO. The molecule has 2 rings (SSSR count). The average molecular weight is 240 g/mol. The van der Waals surface area contributed by atoms with E-state index in [1.165, 1.54) is 18.5 Å².